The molecule has 1 aliphatic rings. The molecule has 1 N–H and O–H groups in total. The van der Waals surface area contributed by atoms with E-state index in [1.165, 1.54) is 5.56 Å². The minimum atomic E-state index is -0.376. The van der Waals surface area contributed by atoms with Gasteiger partial charge in [-0.15, -0.1) is 0 Å². The van der Waals surface area contributed by atoms with E-state index in [0.717, 1.165) is 17.7 Å². The maximum atomic E-state index is 12.2. The molecule has 1 atom stereocenters. The van der Waals surface area contributed by atoms with Crippen LogP contribution < -0.4 is 10.2 Å². The SMILES string of the molecule is CCc1ccc(N2CC(CNC(=O)c3ccc(C)cc3)OC2=O)cc1. The third kappa shape index (κ3) is 3.99. The number of carbonyl (C=O) groups excluding carboxylic acids is 2. The van der Waals surface area contributed by atoms with E-state index in [-0.39, 0.29) is 18.1 Å². The van der Waals surface area contributed by atoms with E-state index in [1.54, 1.807) is 17.0 Å². The highest BCUT2D eigenvalue weighted by atomic mass is 16.6. The average molecular weight is 338 g/mol. The minimum Gasteiger partial charge on any atom is -0.442 e. The van der Waals surface area contributed by atoms with Crippen molar-refractivity contribution in [2.75, 3.05) is 18.0 Å². The van der Waals surface area contributed by atoms with Gasteiger partial charge in [-0.3, -0.25) is 9.69 Å². The van der Waals surface area contributed by atoms with Crippen molar-refractivity contribution in [3.63, 3.8) is 0 Å². The molecule has 1 aliphatic heterocycles. The van der Waals surface area contributed by atoms with E-state index >= 15 is 0 Å². The number of nitrogens with zero attached hydrogens (tertiary/aromatic N) is 1. The zero-order valence-electron chi connectivity index (χ0n) is 14.5. The van der Waals surface area contributed by atoms with Crippen LogP contribution in [0.1, 0.15) is 28.4 Å². The molecule has 2 amide bonds. The van der Waals surface area contributed by atoms with Crippen LogP contribution in [0.2, 0.25) is 0 Å². The first-order valence-electron chi connectivity index (χ1n) is 8.48. The Morgan fingerprint density at radius 3 is 2.48 bits per heavy atom. The van der Waals surface area contributed by atoms with Crippen LogP contribution in [0.25, 0.3) is 0 Å². The van der Waals surface area contributed by atoms with E-state index < -0.39 is 0 Å². The standard InChI is InChI=1S/C20H22N2O3/c1-3-15-6-10-17(11-7-15)22-13-18(25-20(22)24)12-21-19(23)16-8-4-14(2)5-9-16/h4-11,18H,3,12-13H2,1-2H3,(H,21,23). The lowest BCUT2D eigenvalue weighted by Crippen LogP contribution is -2.34. The van der Waals surface area contributed by atoms with Crippen molar-refractivity contribution in [1.82, 2.24) is 5.32 Å². The fourth-order valence-corrected chi connectivity index (χ4v) is 2.76. The Morgan fingerprint density at radius 2 is 1.84 bits per heavy atom. The number of ether oxygens (including phenoxy) is 1. The van der Waals surface area contributed by atoms with Crippen LogP contribution in [0.4, 0.5) is 10.5 Å². The van der Waals surface area contributed by atoms with Gasteiger partial charge in [0.15, 0.2) is 0 Å². The van der Waals surface area contributed by atoms with Crippen molar-refractivity contribution in [3.05, 3.63) is 65.2 Å². The first-order chi connectivity index (χ1) is 12.1. The molecule has 2 aromatic carbocycles. The fourth-order valence-electron chi connectivity index (χ4n) is 2.76. The second kappa shape index (κ2) is 7.38. The van der Waals surface area contributed by atoms with Crippen LogP contribution in [-0.4, -0.2) is 31.2 Å². The van der Waals surface area contributed by atoms with Gasteiger partial charge in [0, 0.05) is 11.3 Å². The summed E-state index contributed by atoms with van der Waals surface area (Å²) < 4.78 is 5.36. The van der Waals surface area contributed by atoms with Crippen LogP contribution in [0.5, 0.6) is 0 Å². The maximum absolute atomic E-state index is 12.2. The molecule has 130 valence electrons. The summed E-state index contributed by atoms with van der Waals surface area (Å²) in [5, 5.41) is 2.83. The van der Waals surface area contributed by atoms with Gasteiger partial charge < -0.3 is 10.1 Å². The summed E-state index contributed by atoms with van der Waals surface area (Å²) in [7, 11) is 0. The van der Waals surface area contributed by atoms with Gasteiger partial charge in [0.25, 0.3) is 5.91 Å². The lowest BCUT2D eigenvalue weighted by molar-refractivity contribution is 0.0916. The quantitative estimate of drug-likeness (QED) is 0.910. The number of amides is 2. The molecule has 0 spiro atoms. The van der Waals surface area contributed by atoms with Gasteiger partial charge in [-0.2, -0.15) is 0 Å². The van der Waals surface area contributed by atoms with Gasteiger partial charge in [-0.05, 0) is 43.2 Å². The van der Waals surface area contributed by atoms with Crippen molar-refractivity contribution < 1.29 is 14.3 Å². The third-order valence-electron chi connectivity index (χ3n) is 4.33. The number of anilines is 1. The summed E-state index contributed by atoms with van der Waals surface area (Å²) in [4.78, 5) is 25.8. The summed E-state index contributed by atoms with van der Waals surface area (Å²) in [5.74, 6) is -0.165. The molecular formula is C20H22N2O3. The lowest BCUT2D eigenvalue weighted by Gasteiger charge is -2.13. The smallest absolute Gasteiger partial charge is 0.414 e. The summed E-state index contributed by atoms with van der Waals surface area (Å²) >= 11 is 0. The molecule has 1 unspecified atom stereocenters. The van der Waals surface area contributed by atoms with E-state index in [9.17, 15) is 9.59 Å². The third-order valence-corrected chi connectivity index (χ3v) is 4.33. The molecule has 1 fully saturated rings. The average Bonchev–Trinajstić information content (AvgIpc) is 3.01. The largest absolute Gasteiger partial charge is 0.442 e. The lowest BCUT2D eigenvalue weighted by atomic mass is 10.1. The van der Waals surface area contributed by atoms with Crippen LogP contribution >= 0.6 is 0 Å². The Hall–Kier alpha value is -2.82. The summed E-state index contributed by atoms with van der Waals surface area (Å²) in [5.41, 5.74) is 3.74. The van der Waals surface area contributed by atoms with Gasteiger partial charge in [-0.1, -0.05) is 36.8 Å². The molecule has 0 bridgehead atoms. The van der Waals surface area contributed by atoms with E-state index in [0.29, 0.717) is 18.7 Å². The van der Waals surface area contributed by atoms with Crippen molar-refractivity contribution in [1.29, 1.82) is 0 Å². The van der Waals surface area contributed by atoms with Crippen molar-refractivity contribution in [2.24, 2.45) is 0 Å². The number of cyclic esters (lactones) is 1. The predicted octanol–water partition coefficient (Wildman–Crippen LogP) is 3.31. The van der Waals surface area contributed by atoms with E-state index in [1.807, 2.05) is 43.3 Å². The summed E-state index contributed by atoms with van der Waals surface area (Å²) in [6.07, 6.45) is 0.227. The van der Waals surface area contributed by atoms with Crippen LogP contribution in [0.15, 0.2) is 48.5 Å². The van der Waals surface area contributed by atoms with E-state index in [4.69, 9.17) is 4.74 Å². The number of carbonyl (C=O) groups is 2. The Bertz CT molecular complexity index is 754. The Morgan fingerprint density at radius 1 is 1.16 bits per heavy atom. The normalized spacial score (nSPS) is 16.6. The monoisotopic (exact) mass is 338 g/mol. The molecule has 0 aromatic heterocycles. The zero-order valence-corrected chi connectivity index (χ0v) is 14.5. The number of aryl methyl sites for hydroxylation is 2. The van der Waals surface area contributed by atoms with Crippen LogP contribution in [0, 0.1) is 6.92 Å². The van der Waals surface area contributed by atoms with Crippen LogP contribution in [0.3, 0.4) is 0 Å². The zero-order chi connectivity index (χ0) is 17.8. The second-order valence-electron chi connectivity index (χ2n) is 6.21. The molecule has 0 aliphatic carbocycles. The summed E-state index contributed by atoms with van der Waals surface area (Å²) in [6.45, 7) is 4.79. The Labute approximate surface area is 147 Å². The van der Waals surface area contributed by atoms with Crippen molar-refractivity contribution in [3.8, 4) is 0 Å². The number of rotatable bonds is 5. The first kappa shape index (κ1) is 17.0. The molecule has 5 nitrogen and oxygen atoms in total. The molecule has 0 saturated carbocycles. The van der Waals surface area contributed by atoms with Gasteiger partial charge in [0.2, 0.25) is 0 Å². The predicted molar refractivity (Wildman–Crippen MR) is 96.9 cm³/mol. The van der Waals surface area contributed by atoms with Gasteiger partial charge in [-0.25, -0.2) is 4.79 Å². The highest BCUT2D eigenvalue weighted by Crippen LogP contribution is 2.22. The van der Waals surface area contributed by atoms with Gasteiger partial charge in [0.05, 0.1) is 13.1 Å². The second-order valence-corrected chi connectivity index (χ2v) is 6.21. The van der Waals surface area contributed by atoms with Gasteiger partial charge >= 0.3 is 6.09 Å². The van der Waals surface area contributed by atoms with Crippen molar-refractivity contribution in [2.45, 2.75) is 26.4 Å². The number of benzene rings is 2. The molecule has 2 aromatic rings. The number of hydrogen-bond donors (Lipinski definition) is 1. The summed E-state index contributed by atoms with van der Waals surface area (Å²) in [6, 6.07) is 15.2. The highest BCUT2D eigenvalue weighted by molar-refractivity contribution is 5.94. The first-order valence-corrected chi connectivity index (χ1v) is 8.48. The molecule has 1 heterocycles. The molecule has 3 rings (SSSR count). The molecule has 25 heavy (non-hydrogen) atoms. The van der Waals surface area contributed by atoms with Crippen molar-refractivity contribution >= 4 is 17.7 Å². The number of hydrogen-bond acceptors (Lipinski definition) is 3. The number of nitrogens with one attached hydrogen (secondary N) is 1. The van der Waals surface area contributed by atoms with E-state index in [2.05, 4.69) is 12.2 Å². The Kier molecular flexibility index (Phi) is 5.03. The highest BCUT2D eigenvalue weighted by Gasteiger charge is 2.32. The fraction of sp³-hybridized carbons (Fsp3) is 0.300. The molecule has 5 heteroatoms. The topological polar surface area (TPSA) is 58.6 Å². The molecular weight excluding hydrogens is 316 g/mol. The van der Waals surface area contributed by atoms with Crippen LogP contribution in [-0.2, 0) is 11.2 Å². The maximum Gasteiger partial charge on any atom is 0.414 e. The minimum absolute atomic E-state index is 0.165. The Balaban J connectivity index is 1.57. The van der Waals surface area contributed by atoms with Gasteiger partial charge in [0.1, 0.15) is 6.10 Å². The molecule has 1 saturated heterocycles. The molecule has 0 radical (unpaired) electrons.